The number of hydrogen-bond donors (Lipinski definition) is 1. The average molecular weight is 267 g/mol. The molecule has 0 aliphatic heterocycles. The number of rotatable bonds is 5. The SMILES string of the molecule is CC.CC.O=CNSC1(Cc2ccccc2)CC1. The summed E-state index contributed by atoms with van der Waals surface area (Å²) in [5, 5.41) is 0. The molecule has 1 aromatic carbocycles. The normalized spacial score (nSPS) is 14.2. The van der Waals surface area contributed by atoms with Crippen LogP contribution in [0, 0.1) is 0 Å². The predicted molar refractivity (Wildman–Crippen MR) is 81.6 cm³/mol. The molecule has 0 bridgehead atoms. The highest BCUT2D eigenvalue weighted by molar-refractivity contribution is 7.99. The van der Waals surface area contributed by atoms with Gasteiger partial charge in [-0.25, -0.2) is 0 Å². The van der Waals surface area contributed by atoms with Gasteiger partial charge in [-0.05, 0) is 36.8 Å². The molecule has 1 fully saturated rings. The van der Waals surface area contributed by atoms with E-state index in [2.05, 4.69) is 29.0 Å². The van der Waals surface area contributed by atoms with E-state index in [-0.39, 0.29) is 4.75 Å². The van der Waals surface area contributed by atoms with Gasteiger partial charge in [-0.3, -0.25) is 4.79 Å². The molecule has 1 aliphatic carbocycles. The van der Waals surface area contributed by atoms with Crippen molar-refractivity contribution in [2.45, 2.75) is 51.7 Å². The zero-order valence-electron chi connectivity index (χ0n) is 11.9. The van der Waals surface area contributed by atoms with Crippen molar-refractivity contribution in [2.24, 2.45) is 0 Å². The average Bonchev–Trinajstić information content (AvgIpc) is 3.22. The lowest BCUT2D eigenvalue weighted by Crippen LogP contribution is -2.14. The fourth-order valence-corrected chi connectivity index (χ4v) is 2.41. The second-order valence-electron chi connectivity index (χ2n) is 3.68. The number of benzene rings is 1. The molecule has 0 radical (unpaired) electrons. The quantitative estimate of drug-likeness (QED) is 0.639. The molecular weight excluding hydrogens is 242 g/mol. The van der Waals surface area contributed by atoms with E-state index in [1.54, 1.807) is 11.9 Å². The summed E-state index contributed by atoms with van der Waals surface area (Å²) in [5.41, 5.74) is 1.35. The molecule has 1 aliphatic rings. The van der Waals surface area contributed by atoms with Crippen LogP contribution in [0.1, 0.15) is 46.1 Å². The molecule has 18 heavy (non-hydrogen) atoms. The molecule has 0 spiro atoms. The van der Waals surface area contributed by atoms with Gasteiger partial charge in [0.25, 0.3) is 0 Å². The summed E-state index contributed by atoms with van der Waals surface area (Å²) in [5.74, 6) is 0. The van der Waals surface area contributed by atoms with Crippen LogP contribution in [0.4, 0.5) is 0 Å². The second kappa shape index (κ2) is 10.0. The molecular formula is C15H25NOS. The predicted octanol–water partition coefficient (Wildman–Crippen LogP) is 4.21. The lowest BCUT2D eigenvalue weighted by Gasteiger charge is -2.12. The van der Waals surface area contributed by atoms with Crippen molar-refractivity contribution in [1.82, 2.24) is 4.72 Å². The summed E-state index contributed by atoms with van der Waals surface area (Å²) in [6.07, 6.45) is 4.22. The van der Waals surface area contributed by atoms with Crippen LogP contribution in [-0.2, 0) is 11.2 Å². The molecule has 102 valence electrons. The second-order valence-corrected chi connectivity index (χ2v) is 4.99. The molecule has 1 amide bonds. The summed E-state index contributed by atoms with van der Waals surface area (Å²) in [4.78, 5) is 10.2. The third kappa shape index (κ3) is 6.10. The Morgan fingerprint density at radius 3 is 2.17 bits per heavy atom. The molecule has 0 heterocycles. The Hall–Kier alpha value is -0.960. The van der Waals surface area contributed by atoms with Crippen LogP contribution in [0.3, 0.4) is 0 Å². The van der Waals surface area contributed by atoms with E-state index in [9.17, 15) is 4.79 Å². The molecule has 0 atom stereocenters. The molecule has 3 heteroatoms. The first-order chi connectivity index (χ1) is 8.85. The number of carbonyl (C=O) groups excluding carboxylic acids is 1. The van der Waals surface area contributed by atoms with Gasteiger partial charge < -0.3 is 4.72 Å². The molecule has 0 aromatic heterocycles. The Labute approximate surface area is 116 Å². The fourth-order valence-electron chi connectivity index (χ4n) is 1.57. The van der Waals surface area contributed by atoms with Crippen molar-refractivity contribution in [3.05, 3.63) is 35.9 Å². The molecule has 0 saturated heterocycles. The Balaban J connectivity index is 0.000000659. The summed E-state index contributed by atoms with van der Waals surface area (Å²) in [7, 11) is 0. The van der Waals surface area contributed by atoms with Gasteiger partial charge in [0.1, 0.15) is 0 Å². The van der Waals surface area contributed by atoms with Gasteiger partial charge in [0.2, 0.25) is 6.41 Å². The fraction of sp³-hybridized carbons (Fsp3) is 0.533. The van der Waals surface area contributed by atoms with E-state index in [0.717, 1.165) is 12.8 Å². The maximum atomic E-state index is 10.2. The van der Waals surface area contributed by atoms with E-state index in [1.165, 1.54) is 18.4 Å². The Morgan fingerprint density at radius 1 is 1.17 bits per heavy atom. The number of carbonyl (C=O) groups is 1. The van der Waals surface area contributed by atoms with Gasteiger partial charge in [0.05, 0.1) is 0 Å². The van der Waals surface area contributed by atoms with Crippen molar-refractivity contribution in [1.29, 1.82) is 0 Å². The minimum absolute atomic E-state index is 0.280. The van der Waals surface area contributed by atoms with Gasteiger partial charge in [-0.15, -0.1) is 0 Å². The maximum absolute atomic E-state index is 10.2. The minimum atomic E-state index is 0.280. The first-order valence-electron chi connectivity index (χ1n) is 6.76. The van der Waals surface area contributed by atoms with E-state index in [0.29, 0.717) is 0 Å². The highest BCUT2D eigenvalue weighted by Gasteiger charge is 2.43. The van der Waals surface area contributed by atoms with Gasteiger partial charge >= 0.3 is 0 Å². The third-order valence-electron chi connectivity index (χ3n) is 2.50. The van der Waals surface area contributed by atoms with Crippen LogP contribution < -0.4 is 4.72 Å². The van der Waals surface area contributed by atoms with Crippen molar-refractivity contribution in [3.63, 3.8) is 0 Å². The van der Waals surface area contributed by atoms with Crippen molar-refractivity contribution >= 4 is 18.4 Å². The van der Waals surface area contributed by atoms with Crippen LogP contribution >= 0.6 is 11.9 Å². The van der Waals surface area contributed by atoms with E-state index in [1.807, 2.05) is 33.8 Å². The van der Waals surface area contributed by atoms with E-state index >= 15 is 0 Å². The van der Waals surface area contributed by atoms with Gasteiger partial charge in [0.15, 0.2) is 0 Å². The van der Waals surface area contributed by atoms with Crippen molar-refractivity contribution < 1.29 is 4.79 Å². The van der Waals surface area contributed by atoms with Crippen molar-refractivity contribution in [2.75, 3.05) is 0 Å². The minimum Gasteiger partial charge on any atom is -0.302 e. The third-order valence-corrected chi connectivity index (χ3v) is 3.70. The first kappa shape index (κ1) is 17.0. The topological polar surface area (TPSA) is 29.1 Å². The van der Waals surface area contributed by atoms with Crippen LogP contribution in [0.25, 0.3) is 0 Å². The standard InChI is InChI=1S/C11H13NOS.2C2H6/c13-9-12-14-11(6-7-11)8-10-4-2-1-3-5-10;2*1-2/h1-5,9H,6-8H2,(H,12,13);2*1-2H3. The first-order valence-corrected chi connectivity index (χ1v) is 7.57. The number of hydrogen-bond acceptors (Lipinski definition) is 2. The lowest BCUT2D eigenvalue weighted by molar-refractivity contribution is -0.107. The largest absolute Gasteiger partial charge is 0.302 e. The monoisotopic (exact) mass is 267 g/mol. The lowest BCUT2D eigenvalue weighted by atomic mass is 10.1. The Morgan fingerprint density at radius 2 is 1.72 bits per heavy atom. The van der Waals surface area contributed by atoms with Crippen LogP contribution in [-0.4, -0.2) is 11.2 Å². The molecule has 1 saturated carbocycles. The zero-order chi connectivity index (χ0) is 13.9. The summed E-state index contributed by atoms with van der Waals surface area (Å²) >= 11 is 1.57. The van der Waals surface area contributed by atoms with E-state index < -0.39 is 0 Å². The molecule has 2 rings (SSSR count). The molecule has 1 aromatic rings. The van der Waals surface area contributed by atoms with Gasteiger partial charge in [0, 0.05) is 4.75 Å². The molecule has 0 unspecified atom stereocenters. The van der Waals surface area contributed by atoms with Crippen LogP contribution in [0.15, 0.2) is 30.3 Å². The highest BCUT2D eigenvalue weighted by atomic mass is 32.2. The number of amides is 1. The van der Waals surface area contributed by atoms with Gasteiger partial charge in [-0.2, -0.15) is 0 Å². The summed E-state index contributed by atoms with van der Waals surface area (Å²) in [6, 6.07) is 10.4. The number of nitrogens with one attached hydrogen (secondary N) is 1. The molecule has 2 nitrogen and oxygen atoms in total. The maximum Gasteiger partial charge on any atom is 0.216 e. The van der Waals surface area contributed by atoms with Crippen molar-refractivity contribution in [3.8, 4) is 0 Å². The smallest absolute Gasteiger partial charge is 0.216 e. The van der Waals surface area contributed by atoms with Gasteiger partial charge in [-0.1, -0.05) is 58.0 Å². The Kier molecular flexibility index (Phi) is 9.47. The van der Waals surface area contributed by atoms with Crippen LogP contribution in [0.5, 0.6) is 0 Å². The van der Waals surface area contributed by atoms with Crippen LogP contribution in [0.2, 0.25) is 0 Å². The van der Waals surface area contributed by atoms with E-state index in [4.69, 9.17) is 0 Å². The summed E-state index contributed by atoms with van der Waals surface area (Å²) < 4.78 is 2.99. The Bertz CT molecular complexity index is 310. The molecule has 1 N–H and O–H groups in total. The summed E-state index contributed by atoms with van der Waals surface area (Å²) in [6.45, 7) is 8.00. The zero-order valence-corrected chi connectivity index (χ0v) is 12.7. The highest BCUT2D eigenvalue weighted by Crippen LogP contribution is 2.49.